The molecular formula is C13H14ClN3O. The van der Waals surface area contributed by atoms with Gasteiger partial charge in [-0.05, 0) is 24.7 Å². The number of rotatable bonds is 5. The zero-order chi connectivity index (χ0) is 13.0. The van der Waals surface area contributed by atoms with E-state index in [1.54, 1.807) is 6.07 Å². The fourth-order valence-corrected chi connectivity index (χ4v) is 2.00. The molecule has 94 valence electrons. The molecule has 1 unspecified atom stereocenters. The molecular weight excluding hydrogens is 250 g/mol. The molecule has 1 heterocycles. The third kappa shape index (κ3) is 2.97. The number of hydrogen-bond donors (Lipinski definition) is 2. The van der Waals surface area contributed by atoms with Gasteiger partial charge in [-0.15, -0.1) is 0 Å². The second kappa shape index (κ2) is 5.80. The molecule has 0 spiro atoms. The SMILES string of the molecule is CNC(Cc1cc(C=N)no1)c1cccc(Cl)c1. The summed E-state index contributed by atoms with van der Waals surface area (Å²) in [6.07, 6.45) is 1.83. The molecule has 0 aliphatic carbocycles. The molecule has 0 saturated carbocycles. The number of aromatic nitrogens is 1. The van der Waals surface area contributed by atoms with E-state index in [0.29, 0.717) is 17.1 Å². The molecule has 2 rings (SSSR count). The van der Waals surface area contributed by atoms with E-state index < -0.39 is 0 Å². The van der Waals surface area contributed by atoms with Crippen LogP contribution in [0.15, 0.2) is 34.9 Å². The lowest BCUT2D eigenvalue weighted by molar-refractivity contribution is 0.367. The Kier molecular flexibility index (Phi) is 4.12. The number of nitrogens with zero attached hydrogens (tertiary/aromatic N) is 1. The van der Waals surface area contributed by atoms with Crippen molar-refractivity contribution in [3.05, 3.63) is 52.4 Å². The van der Waals surface area contributed by atoms with Gasteiger partial charge in [0.15, 0.2) is 0 Å². The molecule has 1 aromatic heterocycles. The van der Waals surface area contributed by atoms with Gasteiger partial charge in [0.25, 0.3) is 0 Å². The summed E-state index contributed by atoms with van der Waals surface area (Å²) in [4.78, 5) is 0. The van der Waals surface area contributed by atoms with Crippen LogP contribution in [0.3, 0.4) is 0 Å². The monoisotopic (exact) mass is 263 g/mol. The molecule has 4 nitrogen and oxygen atoms in total. The second-order valence-electron chi connectivity index (χ2n) is 3.96. The highest BCUT2D eigenvalue weighted by molar-refractivity contribution is 6.30. The summed E-state index contributed by atoms with van der Waals surface area (Å²) < 4.78 is 5.17. The van der Waals surface area contributed by atoms with Gasteiger partial charge in [0.2, 0.25) is 0 Å². The van der Waals surface area contributed by atoms with Crippen molar-refractivity contribution in [3.8, 4) is 0 Å². The minimum absolute atomic E-state index is 0.107. The molecule has 0 saturated heterocycles. The van der Waals surface area contributed by atoms with Crippen molar-refractivity contribution in [2.45, 2.75) is 12.5 Å². The van der Waals surface area contributed by atoms with Gasteiger partial charge >= 0.3 is 0 Å². The summed E-state index contributed by atoms with van der Waals surface area (Å²) >= 11 is 5.98. The molecule has 0 aliphatic rings. The Morgan fingerprint density at radius 2 is 2.33 bits per heavy atom. The highest BCUT2D eigenvalue weighted by atomic mass is 35.5. The van der Waals surface area contributed by atoms with E-state index in [0.717, 1.165) is 11.3 Å². The van der Waals surface area contributed by atoms with E-state index in [1.807, 2.05) is 31.3 Å². The molecule has 5 heteroatoms. The smallest absolute Gasteiger partial charge is 0.139 e. The topological polar surface area (TPSA) is 61.9 Å². The quantitative estimate of drug-likeness (QED) is 0.816. The summed E-state index contributed by atoms with van der Waals surface area (Å²) in [5, 5.41) is 14.8. The normalized spacial score (nSPS) is 12.3. The third-order valence-electron chi connectivity index (χ3n) is 2.73. The van der Waals surface area contributed by atoms with E-state index in [9.17, 15) is 0 Å². The molecule has 0 amide bonds. The van der Waals surface area contributed by atoms with Crippen LogP contribution in [0.4, 0.5) is 0 Å². The van der Waals surface area contributed by atoms with Crippen molar-refractivity contribution in [1.29, 1.82) is 5.41 Å². The largest absolute Gasteiger partial charge is 0.361 e. The summed E-state index contributed by atoms with van der Waals surface area (Å²) in [5.41, 5.74) is 1.63. The number of hydrogen-bond acceptors (Lipinski definition) is 4. The van der Waals surface area contributed by atoms with Gasteiger partial charge in [-0.25, -0.2) is 0 Å². The van der Waals surface area contributed by atoms with Crippen LogP contribution in [0.5, 0.6) is 0 Å². The minimum atomic E-state index is 0.107. The average molecular weight is 264 g/mol. The van der Waals surface area contributed by atoms with E-state index >= 15 is 0 Å². The van der Waals surface area contributed by atoms with Crippen LogP contribution in [0.25, 0.3) is 0 Å². The summed E-state index contributed by atoms with van der Waals surface area (Å²) in [7, 11) is 1.89. The van der Waals surface area contributed by atoms with Crippen LogP contribution in [0.1, 0.15) is 23.1 Å². The number of likely N-dealkylation sites (N-methyl/N-ethyl adjacent to an activating group) is 1. The first-order chi connectivity index (χ1) is 8.72. The zero-order valence-corrected chi connectivity index (χ0v) is 10.7. The van der Waals surface area contributed by atoms with Gasteiger partial charge in [0.05, 0.1) is 0 Å². The molecule has 0 radical (unpaired) electrons. The van der Waals surface area contributed by atoms with Crippen LogP contribution in [0.2, 0.25) is 5.02 Å². The van der Waals surface area contributed by atoms with Gasteiger partial charge in [-0.3, -0.25) is 0 Å². The Bertz CT molecular complexity index is 539. The van der Waals surface area contributed by atoms with Crippen molar-refractivity contribution in [3.63, 3.8) is 0 Å². The molecule has 0 aliphatic heterocycles. The molecule has 1 atom stereocenters. The predicted octanol–water partition coefficient (Wildman–Crippen LogP) is 2.83. The third-order valence-corrected chi connectivity index (χ3v) is 2.96. The molecule has 2 aromatic rings. The lowest BCUT2D eigenvalue weighted by Gasteiger charge is -2.15. The van der Waals surface area contributed by atoms with E-state index in [2.05, 4.69) is 10.5 Å². The van der Waals surface area contributed by atoms with Crippen molar-refractivity contribution in [2.75, 3.05) is 7.05 Å². The maximum Gasteiger partial charge on any atom is 0.139 e. The van der Waals surface area contributed by atoms with Crippen LogP contribution in [-0.4, -0.2) is 18.4 Å². The second-order valence-corrected chi connectivity index (χ2v) is 4.40. The van der Waals surface area contributed by atoms with Gasteiger partial charge in [0, 0.05) is 29.8 Å². The summed E-state index contributed by atoms with van der Waals surface area (Å²) in [6, 6.07) is 9.58. The maximum absolute atomic E-state index is 7.10. The number of benzene rings is 1. The summed E-state index contributed by atoms with van der Waals surface area (Å²) in [5.74, 6) is 0.743. The summed E-state index contributed by atoms with van der Waals surface area (Å²) in [6.45, 7) is 0. The van der Waals surface area contributed by atoms with Crippen molar-refractivity contribution in [2.24, 2.45) is 0 Å². The fourth-order valence-electron chi connectivity index (χ4n) is 1.80. The average Bonchev–Trinajstić information content (AvgIpc) is 2.83. The first-order valence-corrected chi connectivity index (χ1v) is 5.99. The van der Waals surface area contributed by atoms with Crippen molar-refractivity contribution in [1.82, 2.24) is 10.5 Å². The number of nitrogens with one attached hydrogen (secondary N) is 2. The van der Waals surface area contributed by atoms with E-state index in [1.165, 1.54) is 6.21 Å². The molecule has 0 fully saturated rings. The highest BCUT2D eigenvalue weighted by Gasteiger charge is 2.13. The Morgan fingerprint density at radius 1 is 1.50 bits per heavy atom. The van der Waals surface area contributed by atoms with Crippen LogP contribution in [-0.2, 0) is 6.42 Å². The van der Waals surface area contributed by atoms with Gasteiger partial charge in [0.1, 0.15) is 11.5 Å². The maximum atomic E-state index is 7.10. The lowest BCUT2D eigenvalue weighted by Crippen LogP contribution is -2.18. The van der Waals surface area contributed by atoms with E-state index in [4.69, 9.17) is 21.5 Å². The Balaban J connectivity index is 2.16. The first-order valence-electron chi connectivity index (χ1n) is 5.61. The zero-order valence-electron chi connectivity index (χ0n) is 9.98. The molecule has 18 heavy (non-hydrogen) atoms. The van der Waals surface area contributed by atoms with Crippen LogP contribution < -0.4 is 5.32 Å². The number of halogens is 1. The van der Waals surface area contributed by atoms with Crippen molar-refractivity contribution < 1.29 is 4.52 Å². The standard InChI is InChI=1S/C13H14ClN3O/c1-16-13(9-3-2-4-10(14)5-9)7-12-6-11(8-15)17-18-12/h2-6,8,13,15-16H,7H2,1H3. The first kappa shape index (κ1) is 12.8. The molecule has 1 aromatic carbocycles. The van der Waals surface area contributed by atoms with Crippen LogP contribution >= 0.6 is 11.6 Å². The Morgan fingerprint density at radius 3 is 2.94 bits per heavy atom. The van der Waals surface area contributed by atoms with Gasteiger partial charge in [-0.2, -0.15) is 0 Å². The minimum Gasteiger partial charge on any atom is -0.361 e. The van der Waals surface area contributed by atoms with E-state index in [-0.39, 0.29) is 6.04 Å². The van der Waals surface area contributed by atoms with Gasteiger partial charge < -0.3 is 15.2 Å². The molecule has 2 N–H and O–H groups in total. The predicted molar refractivity (Wildman–Crippen MR) is 71.3 cm³/mol. The fraction of sp³-hybridized carbons (Fsp3) is 0.231. The van der Waals surface area contributed by atoms with Crippen molar-refractivity contribution >= 4 is 17.8 Å². The Labute approximate surface area is 110 Å². The lowest BCUT2D eigenvalue weighted by atomic mass is 10.0. The van der Waals surface area contributed by atoms with Crippen LogP contribution in [0, 0.1) is 5.41 Å². The van der Waals surface area contributed by atoms with Gasteiger partial charge in [-0.1, -0.05) is 28.9 Å². The Hall–Kier alpha value is -1.65. The molecule has 0 bridgehead atoms. The highest BCUT2D eigenvalue weighted by Crippen LogP contribution is 2.21.